The van der Waals surface area contributed by atoms with Crippen molar-refractivity contribution < 1.29 is 0 Å². The Morgan fingerprint density at radius 2 is 1.75 bits per heavy atom. The molecule has 3 nitrogen and oxygen atoms in total. The second kappa shape index (κ2) is 5.15. The quantitative estimate of drug-likeness (QED) is 0.627. The maximum absolute atomic E-state index is 5.87. The summed E-state index contributed by atoms with van der Waals surface area (Å²) in [5.74, 6) is 5.66. The van der Waals surface area contributed by atoms with Crippen molar-refractivity contribution in [1.82, 2.24) is 10.3 Å². The van der Waals surface area contributed by atoms with Crippen LogP contribution < -0.4 is 11.3 Å². The summed E-state index contributed by atoms with van der Waals surface area (Å²) in [4.78, 5) is 2.14. The van der Waals surface area contributed by atoms with E-state index < -0.39 is 0 Å². The molecule has 0 saturated heterocycles. The van der Waals surface area contributed by atoms with Crippen LogP contribution in [-0.4, -0.2) is 24.5 Å². The van der Waals surface area contributed by atoms with E-state index in [2.05, 4.69) is 24.2 Å². The molecule has 0 saturated carbocycles. The third kappa shape index (κ3) is 2.74. The van der Waals surface area contributed by atoms with E-state index in [0.29, 0.717) is 0 Å². The number of benzene rings is 1. The second-order valence-electron chi connectivity index (χ2n) is 4.70. The fraction of sp³-hybridized carbons (Fsp3) is 0.500. The molecule has 0 aromatic heterocycles. The first-order chi connectivity index (χ1) is 7.39. The minimum absolute atomic E-state index is 0.0553. The summed E-state index contributed by atoms with van der Waals surface area (Å²) in [6, 6.07) is 7.82. The zero-order valence-corrected chi connectivity index (χ0v) is 11.0. The van der Waals surface area contributed by atoms with Gasteiger partial charge in [0.05, 0.1) is 6.04 Å². The highest BCUT2D eigenvalue weighted by atomic mass is 35.5. The van der Waals surface area contributed by atoms with Gasteiger partial charge in [-0.15, -0.1) is 0 Å². The van der Waals surface area contributed by atoms with Crippen molar-refractivity contribution in [2.75, 3.05) is 14.1 Å². The first-order valence-electron chi connectivity index (χ1n) is 5.28. The molecule has 0 amide bonds. The van der Waals surface area contributed by atoms with Crippen molar-refractivity contribution in [2.45, 2.75) is 25.4 Å². The van der Waals surface area contributed by atoms with Crippen molar-refractivity contribution in [3.05, 3.63) is 34.9 Å². The van der Waals surface area contributed by atoms with Gasteiger partial charge in [-0.05, 0) is 45.6 Å². The minimum atomic E-state index is -0.0808. The van der Waals surface area contributed by atoms with Crippen LogP contribution in [0.25, 0.3) is 0 Å². The maximum Gasteiger partial charge on any atom is 0.0638 e. The van der Waals surface area contributed by atoms with Crippen LogP contribution in [0.1, 0.15) is 25.5 Å². The molecule has 1 unspecified atom stereocenters. The number of nitrogens with zero attached hydrogens (tertiary/aromatic N) is 1. The molecule has 0 radical (unpaired) electrons. The van der Waals surface area contributed by atoms with Crippen LogP contribution in [0, 0.1) is 0 Å². The van der Waals surface area contributed by atoms with Gasteiger partial charge in [0.2, 0.25) is 0 Å². The average molecular weight is 242 g/mol. The molecule has 0 aliphatic rings. The number of hydrogen-bond donors (Lipinski definition) is 2. The number of likely N-dealkylation sites (N-methyl/N-ethyl adjacent to an activating group) is 1. The average Bonchev–Trinajstić information content (AvgIpc) is 2.21. The lowest BCUT2D eigenvalue weighted by molar-refractivity contribution is 0.138. The van der Waals surface area contributed by atoms with Gasteiger partial charge in [-0.3, -0.25) is 11.3 Å². The number of nitrogens with two attached hydrogens (primary N) is 1. The smallest absolute Gasteiger partial charge is 0.0638 e. The van der Waals surface area contributed by atoms with E-state index in [-0.39, 0.29) is 11.6 Å². The Bertz CT molecular complexity index is 333. The van der Waals surface area contributed by atoms with Crippen LogP contribution >= 0.6 is 11.6 Å². The molecule has 90 valence electrons. The van der Waals surface area contributed by atoms with Crippen LogP contribution in [0.15, 0.2) is 24.3 Å². The molecule has 0 fully saturated rings. The molecule has 0 aliphatic carbocycles. The molecule has 0 heterocycles. The number of nitrogens with one attached hydrogen (secondary N) is 1. The first kappa shape index (κ1) is 13.5. The van der Waals surface area contributed by atoms with Crippen molar-refractivity contribution in [1.29, 1.82) is 0 Å². The van der Waals surface area contributed by atoms with Gasteiger partial charge in [0, 0.05) is 10.6 Å². The largest absolute Gasteiger partial charge is 0.302 e. The maximum atomic E-state index is 5.87. The molecule has 1 atom stereocenters. The van der Waals surface area contributed by atoms with Crippen molar-refractivity contribution in [2.24, 2.45) is 5.84 Å². The summed E-state index contributed by atoms with van der Waals surface area (Å²) in [7, 11) is 4.08. The van der Waals surface area contributed by atoms with Gasteiger partial charge < -0.3 is 4.90 Å². The standard InChI is InChI=1S/C12H20ClN3/c1-12(2,16(3)4)11(15-14)9-5-7-10(13)8-6-9/h5-8,11,15H,14H2,1-4H3. The molecule has 1 aromatic carbocycles. The molecule has 16 heavy (non-hydrogen) atoms. The topological polar surface area (TPSA) is 41.3 Å². The van der Waals surface area contributed by atoms with Crippen molar-refractivity contribution >= 4 is 11.6 Å². The van der Waals surface area contributed by atoms with Gasteiger partial charge >= 0.3 is 0 Å². The third-order valence-corrected chi connectivity index (χ3v) is 3.48. The fourth-order valence-corrected chi connectivity index (χ4v) is 1.75. The van der Waals surface area contributed by atoms with E-state index in [1.807, 2.05) is 38.4 Å². The lowest BCUT2D eigenvalue weighted by atomic mass is 9.88. The molecule has 0 spiro atoms. The Kier molecular flexibility index (Phi) is 4.33. The van der Waals surface area contributed by atoms with E-state index in [1.165, 1.54) is 0 Å². The summed E-state index contributed by atoms with van der Waals surface area (Å²) in [5, 5.41) is 0.738. The van der Waals surface area contributed by atoms with Crippen molar-refractivity contribution in [3.8, 4) is 0 Å². The number of hydrazine groups is 1. The minimum Gasteiger partial charge on any atom is -0.302 e. The van der Waals surface area contributed by atoms with Gasteiger partial charge in [-0.2, -0.15) is 0 Å². The Morgan fingerprint density at radius 1 is 1.25 bits per heavy atom. The predicted molar refractivity (Wildman–Crippen MR) is 69.3 cm³/mol. The lowest BCUT2D eigenvalue weighted by Gasteiger charge is -2.40. The van der Waals surface area contributed by atoms with E-state index in [0.717, 1.165) is 10.6 Å². The molecule has 0 aliphatic heterocycles. The van der Waals surface area contributed by atoms with Gasteiger partial charge in [0.15, 0.2) is 0 Å². The molecule has 0 bridgehead atoms. The molecule has 3 N–H and O–H groups in total. The number of hydrogen-bond acceptors (Lipinski definition) is 3. The lowest BCUT2D eigenvalue weighted by Crippen LogP contribution is -2.51. The van der Waals surface area contributed by atoms with E-state index in [9.17, 15) is 0 Å². The highest BCUT2D eigenvalue weighted by molar-refractivity contribution is 6.30. The Balaban J connectivity index is 3.03. The Hall–Kier alpha value is -0.610. The summed E-state index contributed by atoms with van der Waals surface area (Å²) in [6.45, 7) is 4.29. The Labute approximate surface area is 103 Å². The zero-order chi connectivity index (χ0) is 12.3. The van der Waals surface area contributed by atoms with Gasteiger partial charge in [-0.25, -0.2) is 0 Å². The van der Waals surface area contributed by atoms with Crippen LogP contribution in [-0.2, 0) is 0 Å². The van der Waals surface area contributed by atoms with Crippen LogP contribution in [0.3, 0.4) is 0 Å². The summed E-state index contributed by atoms with van der Waals surface area (Å²) in [6.07, 6.45) is 0. The highest BCUT2D eigenvalue weighted by Gasteiger charge is 2.31. The molecular formula is C12H20ClN3. The molecule has 1 rings (SSSR count). The normalized spacial score (nSPS) is 14.2. The summed E-state index contributed by atoms with van der Waals surface area (Å²) < 4.78 is 0. The summed E-state index contributed by atoms with van der Waals surface area (Å²) >= 11 is 5.87. The van der Waals surface area contributed by atoms with Crippen LogP contribution in [0.4, 0.5) is 0 Å². The molecular weight excluding hydrogens is 222 g/mol. The predicted octanol–water partition coefficient (Wildman–Crippen LogP) is 2.18. The monoisotopic (exact) mass is 241 g/mol. The SMILES string of the molecule is CN(C)C(C)(C)C(NN)c1ccc(Cl)cc1. The van der Waals surface area contributed by atoms with Crippen LogP contribution in [0.2, 0.25) is 5.02 Å². The number of halogens is 1. The molecule has 1 aromatic rings. The van der Waals surface area contributed by atoms with Crippen LogP contribution in [0.5, 0.6) is 0 Å². The van der Waals surface area contributed by atoms with E-state index in [1.54, 1.807) is 0 Å². The first-order valence-corrected chi connectivity index (χ1v) is 5.66. The number of rotatable bonds is 4. The zero-order valence-electron chi connectivity index (χ0n) is 10.3. The van der Waals surface area contributed by atoms with E-state index >= 15 is 0 Å². The van der Waals surface area contributed by atoms with E-state index in [4.69, 9.17) is 17.4 Å². The fourth-order valence-electron chi connectivity index (χ4n) is 1.62. The van der Waals surface area contributed by atoms with Crippen molar-refractivity contribution in [3.63, 3.8) is 0 Å². The van der Waals surface area contributed by atoms with Gasteiger partial charge in [-0.1, -0.05) is 23.7 Å². The second-order valence-corrected chi connectivity index (χ2v) is 5.14. The third-order valence-electron chi connectivity index (χ3n) is 3.23. The van der Waals surface area contributed by atoms with Gasteiger partial charge in [0.25, 0.3) is 0 Å². The van der Waals surface area contributed by atoms with Gasteiger partial charge in [0.1, 0.15) is 0 Å². The Morgan fingerprint density at radius 3 is 2.12 bits per heavy atom. The highest BCUT2D eigenvalue weighted by Crippen LogP contribution is 2.29. The summed E-state index contributed by atoms with van der Waals surface area (Å²) in [5.41, 5.74) is 3.92. The molecule has 4 heteroatoms.